The Balaban J connectivity index is 0.00000300. The second-order valence-corrected chi connectivity index (χ2v) is 8.57. The minimum Gasteiger partial charge on any atom is -0.373 e. The van der Waals surface area contributed by atoms with Crippen LogP contribution < -0.4 is 10.6 Å². The number of hydrogen-bond acceptors (Lipinski definition) is 3. The Morgan fingerprint density at radius 2 is 1.90 bits per heavy atom. The highest BCUT2D eigenvalue weighted by molar-refractivity contribution is 14.0. The summed E-state index contributed by atoms with van der Waals surface area (Å²) in [6, 6.07) is 9.35. The molecule has 164 valence electrons. The van der Waals surface area contributed by atoms with Gasteiger partial charge in [-0.25, -0.2) is 0 Å². The summed E-state index contributed by atoms with van der Waals surface area (Å²) in [6.07, 6.45) is 5.19. The second-order valence-electron chi connectivity index (χ2n) is 8.57. The summed E-state index contributed by atoms with van der Waals surface area (Å²) in [6.45, 7) is 7.74. The molecule has 3 unspecified atom stereocenters. The molecule has 1 heterocycles. The third-order valence-corrected chi connectivity index (χ3v) is 5.99. The minimum absolute atomic E-state index is 0. The lowest BCUT2D eigenvalue weighted by atomic mass is 9.89. The molecular weight excluding hydrogens is 475 g/mol. The van der Waals surface area contributed by atoms with Crippen LogP contribution in [0, 0.1) is 18.8 Å². The molecule has 1 aliphatic heterocycles. The molecule has 2 N–H and O–H groups in total. The van der Waals surface area contributed by atoms with Crippen molar-refractivity contribution in [1.82, 2.24) is 15.5 Å². The first-order valence-electron chi connectivity index (χ1n) is 10.9. The van der Waals surface area contributed by atoms with E-state index in [9.17, 15) is 0 Å². The number of rotatable bonds is 8. The Morgan fingerprint density at radius 1 is 1.17 bits per heavy atom. The van der Waals surface area contributed by atoms with Gasteiger partial charge in [0.05, 0.1) is 12.6 Å². The average molecular weight is 514 g/mol. The molecule has 1 saturated carbocycles. The molecule has 1 aromatic rings. The summed E-state index contributed by atoms with van der Waals surface area (Å²) in [7, 11) is 4.34. The predicted molar refractivity (Wildman–Crippen MR) is 132 cm³/mol. The lowest BCUT2D eigenvalue weighted by Crippen LogP contribution is -2.43. The van der Waals surface area contributed by atoms with Crippen molar-refractivity contribution in [3.8, 4) is 0 Å². The molecule has 1 saturated heterocycles. The zero-order valence-electron chi connectivity index (χ0n) is 18.5. The lowest BCUT2D eigenvalue weighted by molar-refractivity contribution is -0.0265. The van der Waals surface area contributed by atoms with Gasteiger partial charge < -0.3 is 20.3 Å². The standard InChI is InChI=1S/C23H38N4O.HI/c1-5-24-23(26-16-21(27(3)4)18-12-13-18)25-15-20-7-6-14-28-22(20)19-10-8-17(2)9-11-19;/h8-11,18,20-22H,5-7,12-16H2,1-4H3,(H2,24,25,26);1H. The first-order chi connectivity index (χ1) is 13.6. The van der Waals surface area contributed by atoms with E-state index in [1.807, 2.05) is 0 Å². The molecule has 3 atom stereocenters. The van der Waals surface area contributed by atoms with Crippen molar-refractivity contribution in [2.75, 3.05) is 40.3 Å². The molecule has 1 aliphatic carbocycles. The van der Waals surface area contributed by atoms with Gasteiger partial charge in [0, 0.05) is 31.7 Å². The third kappa shape index (κ3) is 7.40. The maximum atomic E-state index is 6.17. The van der Waals surface area contributed by atoms with E-state index < -0.39 is 0 Å². The van der Waals surface area contributed by atoms with E-state index in [-0.39, 0.29) is 30.1 Å². The molecule has 29 heavy (non-hydrogen) atoms. The quantitative estimate of drug-likeness (QED) is 0.313. The van der Waals surface area contributed by atoms with Gasteiger partial charge in [0.25, 0.3) is 0 Å². The molecule has 0 bridgehead atoms. The van der Waals surface area contributed by atoms with Gasteiger partial charge in [-0.3, -0.25) is 4.99 Å². The fourth-order valence-electron chi connectivity index (χ4n) is 4.15. The zero-order valence-corrected chi connectivity index (χ0v) is 20.8. The molecule has 5 nitrogen and oxygen atoms in total. The molecule has 0 spiro atoms. The van der Waals surface area contributed by atoms with Crippen LogP contribution in [0.5, 0.6) is 0 Å². The monoisotopic (exact) mass is 514 g/mol. The molecule has 0 amide bonds. The van der Waals surface area contributed by atoms with Crippen LogP contribution in [-0.2, 0) is 4.74 Å². The van der Waals surface area contributed by atoms with Crippen molar-refractivity contribution < 1.29 is 4.74 Å². The van der Waals surface area contributed by atoms with Gasteiger partial charge in [-0.05, 0) is 65.1 Å². The molecule has 2 fully saturated rings. The number of aliphatic imine (C=N–C) groups is 1. The van der Waals surface area contributed by atoms with Crippen molar-refractivity contribution >= 4 is 29.9 Å². The first-order valence-corrected chi connectivity index (χ1v) is 10.9. The molecular formula is C23H39IN4O. The SMILES string of the molecule is CCNC(=NCC(C1CC1)N(C)C)NCC1CCCOC1c1ccc(C)cc1.I. The highest BCUT2D eigenvalue weighted by Crippen LogP contribution is 2.35. The highest BCUT2D eigenvalue weighted by atomic mass is 127. The number of likely N-dealkylation sites (N-methyl/N-ethyl adjacent to an activating group) is 1. The van der Waals surface area contributed by atoms with Crippen LogP contribution >= 0.6 is 24.0 Å². The van der Waals surface area contributed by atoms with Gasteiger partial charge in [-0.2, -0.15) is 0 Å². The maximum absolute atomic E-state index is 6.17. The van der Waals surface area contributed by atoms with Crippen molar-refractivity contribution in [3.63, 3.8) is 0 Å². The zero-order chi connectivity index (χ0) is 19.9. The first kappa shape index (κ1) is 24.4. The van der Waals surface area contributed by atoms with Gasteiger partial charge in [0.1, 0.15) is 0 Å². The summed E-state index contributed by atoms with van der Waals surface area (Å²) in [5.74, 6) is 2.22. The Hall–Kier alpha value is -0.860. The largest absolute Gasteiger partial charge is 0.373 e. The molecule has 3 rings (SSSR count). The second kappa shape index (κ2) is 12.1. The van der Waals surface area contributed by atoms with Crippen LogP contribution in [0.1, 0.15) is 49.8 Å². The Labute approximate surface area is 194 Å². The fourth-order valence-corrected chi connectivity index (χ4v) is 4.15. The van der Waals surface area contributed by atoms with Crippen molar-refractivity contribution in [1.29, 1.82) is 0 Å². The van der Waals surface area contributed by atoms with Crippen LogP contribution in [0.25, 0.3) is 0 Å². The Morgan fingerprint density at radius 3 is 2.52 bits per heavy atom. The van der Waals surface area contributed by atoms with Gasteiger partial charge in [-0.1, -0.05) is 29.8 Å². The van der Waals surface area contributed by atoms with E-state index in [4.69, 9.17) is 9.73 Å². The van der Waals surface area contributed by atoms with Gasteiger partial charge >= 0.3 is 0 Å². The van der Waals surface area contributed by atoms with E-state index >= 15 is 0 Å². The summed E-state index contributed by atoms with van der Waals surface area (Å²) >= 11 is 0. The number of ether oxygens (including phenoxy) is 1. The minimum atomic E-state index is 0. The van der Waals surface area contributed by atoms with E-state index in [1.54, 1.807) is 0 Å². The number of benzene rings is 1. The van der Waals surface area contributed by atoms with Crippen LogP contribution in [-0.4, -0.2) is 57.2 Å². The normalized spacial score (nSPS) is 23.4. The molecule has 1 aromatic carbocycles. The van der Waals surface area contributed by atoms with E-state index in [0.29, 0.717) is 12.0 Å². The smallest absolute Gasteiger partial charge is 0.191 e. The number of nitrogens with one attached hydrogen (secondary N) is 2. The number of aryl methyl sites for hydroxylation is 1. The van der Waals surface area contributed by atoms with Gasteiger partial charge in [0.2, 0.25) is 0 Å². The third-order valence-electron chi connectivity index (χ3n) is 5.99. The predicted octanol–water partition coefficient (Wildman–Crippen LogP) is 3.98. The molecule has 2 aliphatic rings. The van der Waals surface area contributed by atoms with E-state index in [2.05, 4.69) is 67.7 Å². The molecule has 0 aromatic heterocycles. The summed E-state index contributed by atoms with van der Waals surface area (Å²) in [5, 5.41) is 7.01. The van der Waals surface area contributed by atoms with Gasteiger partial charge in [-0.15, -0.1) is 24.0 Å². The van der Waals surface area contributed by atoms with E-state index in [1.165, 1.54) is 30.4 Å². The van der Waals surface area contributed by atoms with Crippen molar-refractivity contribution in [3.05, 3.63) is 35.4 Å². The average Bonchev–Trinajstić information content (AvgIpc) is 3.52. The van der Waals surface area contributed by atoms with Crippen LogP contribution in [0.2, 0.25) is 0 Å². The number of halogens is 1. The number of hydrogen-bond donors (Lipinski definition) is 2. The molecule has 0 radical (unpaired) electrons. The lowest BCUT2D eigenvalue weighted by Gasteiger charge is -2.33. The van der Waals surface area contributed by atoms with E-state index in [0.717, 1.165) is 44.5 Å². The summed E-state index contributed by atoms with van der Waals surface area (Å²) in [5.41, 5.74) is 2.59. The van der Waals surface area contributed by atoms with Crippen LogP contribution in [0.4, 0.5) is 0 Å². The summed E-state index contributed by atoms with van der Waals surface area (Å²) < 4.78 is 6.17. The number of guanidine groups is 1. The fraction of sp³-hybridized carbons (Fsp3) is 0.696. The van der Waals surface area contributed by atoms with Gasteiger partial charge in [0.15, 0.2) is 5.96 Å². The topological polar surface area (TPSA) is 48.9 Å². The number of nitrogens with zero attached hydrogens (tertiary/aromatic N) is 2. The summed E-state index contributed by atoms with van der Waals surface area (Å²) in [4.78, 5) is 7.23. The highest BCUT2D eigenvalue weighted by Gasteiger charge is 2.32. The van der Waals surface area contributed by atoms with Crippen LogP contribution in [0.15, 0.2) is 29.3 Å². The Kier molecular flexibility index (Phi) is 10.2. The van der Waals surface area contributed by atoms with Crippen LogP contribution in [0.3, 0.4) is 0 Å². The molecule has 6 heteroatoms. The van der Waals surface area contributed by atoms with Crippen molar-refractivity contribution in [2.45, 2.75) is 51.7 Å². The Bertz CT molecular complexity index is 628. The van der Waals surface area contributed by atoms with Crippen molar-refractivity contribution in [2.24, 2.45) is 16.8 Å². The maximum Gasteiger partial charge on any atom is 0.191 e.